The van der Waals surface area contributed by atoms with Gasteiger partial charge in [0.15, 0.2) is 0 Å². The number of pyridine rings is 1. The minimum absolute atomic E-state index is 0.0132. The fraction of sp³-hybridized carbons (Fsp3) is 0.100. The van der Waals surface area contributed by atoms with Gasteiger partial charge in [-0.05, 0) is 29.8 Å². The molecule has 0 aliphatic rings. The summed E-state index contributed by atoms with van der Waals surface area (Å²) in [7, 11) is 0. The van der Waals surface area contributed by atoms with E-state index in [2.05, 4.69) is 10.3 Å². The molecule has 1 heterocycles. The molecule has 0 aliphatic carbocycles. The van der Waals surface area contributed by atoms with Crippen LogP contribution < -0.4 is 5.32 Å². The van der Waals surface area contributed by atoms with Crippen molar-refractivity contribution in [3.63, 3.8) is 0 Å². The Hall–Kier alpha value is -2.59. The molecule has 4 heteroatoms. The summed E-state index contributed by atoms with van der Waals surface area (Å²) in [6.07, 6.45) is 1.73. The van der Waals surface area contributed by atoms with E-state index < -0.39 is 0 Å². The van der Waals surface area contributed by atoms with Crippen molar-refractivity contribution in [2.45, 2.75) is 16.7 Å². The number of hydrogen-bond acceptors (Lipinski definition) is 3. The van der Waals surface area contributed by atoms with Crippen LogP contribution in [0.15, 0.2) is 90.0 Å². The zero-order chi connectivity index (χ0) is 16.6. The quantitative estimate of drug-likeness (QED) is 0.686. The predicted molar refractivity (Wildman–Crippen MR) is 97.6 cm³/mol. The predicted octanol–water partition coefficient (Wildman–Crippen LogP) is 4.23. The first kappa shape index (κ1) is 16.3. The molecule has 0 radical (unpaired) electrons. The molecule has 0 unspecified atom stereocenters. The normalized spacial score (nSPS) is 11.7. The van der Waals surface area contributed by atoms with Gasteiger partial charge in [-0.25, -0.2) is 0 Å². The number of amides is 1. The Balaban J connectivity index is 1.75. The highest BCUT2D eigenvalue weighted by molar-refractivity contribution is 8.00. The van der Waals surface area contributed by atoms with E-state index in [1.165, 1.54) is 0 Å². The molecular weight excluding hydrogens is 316 g/mol. The minimum atomic E-state index is -0.294. The Bertz CT molecular complexity index is 763. The highest BCUT2D eigenvalue weighted by Crippen LogP contribution is 2.35. The van der Waals surface area contributed by atoms with Gasteiger partial charge in [-0.15, -0.1) is 11.8 Å². The number of carbonyl (C=O) groups excluding carboxylic acids is 1. The number of carbonyl (C=O) groups is 1. The number of rotatable bonds is 6. The SMILES string of the molecule is O=C(NCc1ccccn1)[C@H](Sc1ccccc1)c1ccccc1. The van der Waals surface area contributed by atoms with Crippen molar-refractivity contribution in [3.8, 4) is 0 Å². The van der Waals surface area contributed by atoms with Gasteiger partial charge in [0.25, 0.3) is 0 Å². The first-order chi connectivity index (χ1) is 11.8. The van der Waals surface area contributed by atoms with Crippen LogP contribution in [0.4, 0.5) is 0 Å². The van der Waals surface area contributed by atoms with Gasteiger partial charge in [-0.1, -0.05) is 54.6 Å². The number of hydrogen-bond donors (Lipinski definition) is 1. The topological polar surface area (TPSA) is 42.0 Å². The van der Waals surface area contributed by atoms with Crippen LogP contribution in [0.5, 0.6) is 0 Å². The first-order valence-corrected chi connectivity index (χ1v) is 8.65. The van der Waals surface area contributed by atoms with Gasteiger partial charge in [0.2, 0.25) is 5.91 Å². The lowest BCUT2D eigenvalue weighted by Crippen LogP contribution is -2.27. The molecule has 1 atom stereocenters. The second kappa shape index (κ2) is 8.31. The van der Waals surface area contributed by atoms with Gasteiger partial charge in [0, 0.05) is 11.1 Å². The second-order valence-corrected chi connectivity index (χ2v) is 6.44. The standard InChI is InChI=1S/C20H18N2OS/c23-20(22-15-17-11-7-8-14-21-17)19(16-9-3-1-4-10-16)24-18-12-5-2-6-13-18/h1-14,19H,15H2,(H,22,23)/t19-/m1/s1. The van der Waals surface area contributed by atoms with Crippen molar-refractivity contribution in [1.82, 2.24) is 10.3 Å². The molecule has 0 aliphatic heterocycles. The third-order valence-electron chi connectivity index (χ3n) is 3.51. The Morgan fingerprint density at radius 2 is 1.58 bits per heavy atom. The summed E-state index contributed by atoms with van der Waals surface area (Å²) >= 11 is 1.55. The van der Waals surface area contributed by atoms with Crippen molar-refractivity contribution in [3.05, 3.63) is 96.3 Å². The number of nitrogens with one attached hydrogen (secondary N) is 1. The largest absolute Gasteiger partial charge is 0.349 e. The third-order valence-corrected chi connectivity index (χ3v) is 4.77. The van der Waals surface area contributed by atoms with Crippen LogP contribution in [0.3, 0.4) is 0 Å². The molecule has 0 fully saturated rings. The lowest BCUT2D eigenvalue weighted by Gasteiger charge is -2.17. The minimum Gasteiger partial charge on any atom is -0.349 e. The Morgan fingerprint density at radius 1 is 0.917 bits per heavy atom. The van der Waals surface area contributed by atoms with Crippen molar-refractivity contribution >= 4 is 17.7 Å². The van der Waals surface area contributed by atoms with E-state index in [9.17, 15) is 4.79 Å². The highest BCUT2D eigenvalue weighted by Gasteiger charge is 2.21. The smallest absolute Gasteiger partial charge is 0.238 e. The summed E-state index contributed by atoms with van der Waals surface area (Å²) in [5, 5.41) is 2.70. The van der Waals surface area contributed by atoms with Gasteiger partial charge in [0.1, 0.15) is 5.25 Å². The first-order valence-electron chi connectivity index (χ1n) is 7.77. The van der Waals surface area contributed by atoms with Crippen molar-refractivity contribution in [1.29, 1.82) is 0 Å². The zero-order valence-electron chi connectivity index (χ0n) is 13.1. The highest BCUT2D eigenvalue weighted by atomic mass is 32.2. The molecule has 3 rings (SSSR count). The molecular formula is C20H18N2OS. The van der Waals surface area contributed by atoms with E-state index in [1.54, 1.807) is 18.0 Å². The molecule has 0 saturated carbocycles. The molecule has 2 aromatic carbocycles. The number of thioether (sulfide) groups is 1. The summed E-state index contributed by atoms with van der Waals surface area (Å²) in [4.78, 5) is 18.1. The van der Waals surface area contributed by atoms with Gasteiger partial charge < -0.3 is 5.32 Å². The molecule has 1 amide bonds. The van der Waals surface area contributed by atoms with Crippen LogP contribution in [0.2, 0.25) is 0 Å². The van der Waals surface area contributed by atoms with E-state index in [4.69, 9.17) is 0 Å². The summed E-state index contributed by atoms with van der Waals surface area (Å²) in [6, 6.07) is 25.5. The van der Waals surface area contributed by atoms with E-state index in [0.717, 1.165) is 16.2 Å². The summed E-state index contributed by atoms with van der Waals surface area (Å²) in [5.41, 5.74) is 1.84. The maximum absolute atomic E-state index is 12.8. The van der Waals surface area contributed by atoms with Crippen LogP contribution in [0.1, 0.15) is 16.5 Å². The van der Waals surface area contributed by atoms with Gasteiger partial charge >= 0.3 is 0 Å². The Morgan fingerprint density at radius 3 is 2.25 bits per heavy atom. The van der Waals surface area contributed by atoms with Crippen molar-refractivity contribution in [2.24, 2.45) is 0 Å². The lowest BCUT2D eigenvalue weighted by molar-refractivity contribution is -0.120. The van der Waals surface area contributed by atoms with Gasteiger partial charge in [-0.3, -0.25) is 9.78 Å². The number of nitrogens with zero attached hydrogens (tertiary/aromatic N) is 1. The molecule has 0 bridgehead atoms. The second-order valence-electron chi connectivity index (χ2n) is 5.26. The third kappa shape index (κ3) is 4.46. The maximum atomic E-state index is 12.8. The van der Waals surface area contributed by atoms with Crippen molar-refractivity contribution < 1.29 is 4.79 Å². The molecule has 120 valence electrons. The molecule has 0 spiro atoms. The van der Waals surface area contributed by atoms with E-state index in [0.29, 0.717) is 6.54 Å². The summed E-state index contributed by atoms with van der Waals surface area (Å²) in [6.45, 7) is 0.429. The van der Waals surface area contributed by atoms with E-state index >= 15 is 0 Å². The average Bonchev–Trinajstić information content (AvgIpc) is 2.66. The summed E-state index contributed by atoms with van der Waals surface area (Å²) in [5.74, 6) is -0.0132. The molecule has 1 N–H and O–H groups in total. The average molecular weight is 334 g/mol. The fourth-order valence-corrected chi connectivity index (χ4v) is 3.38. The molecule has 24 heavy (non-hydrogen) atoms. The number of aromatic nitrogens is 1. The molecule has 0 saturated heterocycles. The molecule has 3 nitrogen and oxygen atoms in total. The molecule has 3 aromatic rings. The van der Waals surface area contributed by atoms with Crippen LogP contribution in [-0.4, -0.2) is 10.9 Å². The van der Waals surface area contributed by atoms with Crippen LogP contribution in [0.25, 0.3) is 0 Å². The monoisotopic (exact) mass is 334 g/mol. The maximum Gasteiger partial charge on any atom is 0.238 e. The Kier molecular flexibility index (Phi) is 5.64. The van der Waals surface area contributed by atoms with Crippen LogP contribution >= 0.6 is 11.8 Å². The van der Waals surface area contributed by atoms with Crippen LogP contribution in [-0.2, 0) is 11.3 Å². The Labute approximate surface area is 146 Å². The van der Waals surface area contributed by atoms with Gasteiger partial charge in [0.05, 0.1) is 12.2 Å². The van der Waals surface area contributed by atoms with E-state index in [1.807, 2.05) is 78.9 Å². The lowest BCUT2D eigenvalue weighted by atomic mass is 10.1. The van der Waals surface area contributed by atoms with Crippen LogP contribution in [0, 0.1) is 0 Å². The van der Waals surface area contributed by atoms with Gasteiger partial charge in [-0.2, -0.15) is 0 Å². The van der Waals surface area contributed by atoms with Crippen molar-refractivity contribution in [2.75, 3.05) is 0 Å². The zero-order valence-corrected chi connectivity index (χ0v) is 13.9. The number of benzene rings is 2. The van der Waals surface area contributed by atoms with E-state index in [-0.39, 0.29) is 11.2 Å². The summed E-state index contributed by atoms with van der Waals surface area (Å²) < 4.78 is 0. The molecule has 1 aromatic heterocycles. The fourth-order valence-electron chi connectivity index (χ4n) is 2.31.